The van der Waals surface area contributed by atoms with E-state index in [2.05, 4.69) is 33.9 Å². The van der Waals surface area contributed by atoms with Gasteiger partial charge < -0.3 is 14.8 Å². The lowest BCUT2D eigenvalue weighted by Crippen LogP contribution is -2.20. The first-order valence-electron chi connectivity index (χ1n) is 8.89. The largest absolute Gasteiger partial charge is 0.454 e. The van der Waals surface area contributed by atoms with E-state index >= 15 is 0 Å². The summed E-state index contributed by atoms with van der Waals surface area (Å²) in [5.74, 6) is 0.815. The molecule has 146 valence electrons. The summed E-state index contributed by atoms with van der Waals surface area (Å²) in [6.45, 7) is 2.89. The Morgan fingerprint density at radius 2 is 1.96 bits per heavy atom. The molecule has 3 rings (SSSR count). The van der Waals surface area contributed by atoms with Gasteiger partial charge in [0.05, 0.1) is 12.2 Å². The second-order valence-electron chi connectivity index (χ2n) is 6.68. The van der Waals surface area contributed by atoms with Crippen LogP contribution in [0.2, 0.25) is 0 Å². The Bertz CT molecular complexity index is 753. The van der Waals surface area contributed by atoms with Crippen LogP contribution in [0.1, 0.15) is 38.4 Å². The van der Waals surface area contributed by atoms with E-state index < -0.39 is 12.8 Å². The Morgan fingerprint density at radius 3 is 2.59 bits per heavy atom. The number of ether oxygens (including phenoxy) is 2. The van der Waals surface area contributed by atoms with Crippen molar-refractivity contribution in [3.8, 4) is 6.01 Å². The number of benzene rings is 1. The van der Waals surface area contributed by atoms with Gasteiger partial charge in [0.15, 0.2) is 6.61 Å². The molecule has 1 N–H and O–H groups in total. The molecule has 3 atom stereocenters. The summed E-state index contributed by atoms with van der Waals surface area (Å²) in [5, 5.41) is 3.04. The molecule has 0 saturated carbocycles. The Labute approximate surface area is 155 Å². The summed E-state index contributed by atoms with van der Waals surface area (Å²) >= 11 is 0. The van der Waals surface area contributed by atoms with Crippen LogP contribution in [-0.2, 0) is 4.74 Å². The summed E-state index contributed by atoms with van der Waals surface area (Å²) in [7, 11) is 0. The SMILES string of the molecule is CC[C@@H]1C[C@H](C)[C@@H](c2ccc(Nc3ccnc(OCC(F)(F)F)n3)cc2)O1. The highest BCUT2D eigenvalue weighted by molar-refractivity contribution is 5.56. The smallest absolute Gasteiger partial charge is 0.422 e. The van der Waals surface area contributed by atoms with E-state index in [0.29, 0.717) is 17.8 Å². The van der Waals surface area contributed by atoms with E-state index in [1.54, 1.807) is 6.07 Å². The van der Waals surface area contributed by atoms with Crippen LogP contribution in [0, 0.1) is 5.92 Å². The second-order valence-corrected chi connectivity index (χ2v) is 6.68. The third-order valence-corrected chi connectivity index (χ3v) is 4.46. The van der Waals surface area contributed by atoms with Crippen LogP contribution in [0.25, 0.3) is 0 Å². The highest BCUT2D eigenvalue weighted by atomic mass is 19.4. The third-order valence-electron chi connectivity index (χ3n) is 4.46. The van der Waals surface area contributed by atoms with Gasteiger partial charge >= 0.3 is 12.2 Å². The van der Waals surface area contributed by atoms with Crippen LogP contribution in [0.3, 0.4) is 0 Å². The van der Waals surface area contributed by atoms with Crippen LogP contribution in [0.4, 0.5) is 24.7 Å². The van der Waals surface area contributed by atoms with E-state index in [1.807, 2.05) is 24.3 Å². The molecule has 1 aromatic heterocycles. The van der Waals surface area contributed by atoms with Crippen molar-refractivity contribution in [2.45, 2.75) is 45.1 Å². The van der Waals surface area contributed by atoms with Gasteiger partial charge in [-0.15, -0.1) is 0 Å². The van der Waals surface area contributed by atoms with Crippen molar-refractivity contribution in [1.29, 1.82) is 0 Å². The lowest BCUT2D eigenvalue weighted by atomic mass is 9.95. The van der Waals surface area contributed by atoms with E-state index in [1.165, 1.54) is 6.20 Å². The standard InChI is InChI=1S/C19H22F3N3O2/c1-3-15-10-12(2)17(27-15)13-4-6-14(7-5-13)24-16-8-9-23-18(25-16)26-11-19(20,21)22/h4-9,12,15,17H,3,10-11H2,1-2H3,(H,23,24,25)/t12-,15+,17-/m0/s1. The number of nitrogens with one attached hydrogen (secondary N) is 1. The fraction of sp³-hybridized carbons (Fsp3) is 0.474. The molecule has 0 aliphatic carbocycles. The quantitative estimate of drug-likeness (QED) is 0.760. The summed E-state index contributed by atoms with van der Waals surface area (Å²) in [5.41, 5.74) is 1.87. The molecule has 0 amide bonds. The zero-order chi connectivity index (χ0) is 19.4. The minimum Gasteiger partial charge on any atom is -0.454 e. The van der Waals surface area contributed by atoms with Crippen molar-refractivity contribution in [1.82, 2.24) is 9.97 Å². The van der Waals surface area contributed by atoms with Crippen LogP contribution in [-0.4, -0.2) is 28.9 Å². The van der Waals surface area contributed by atoms with Crippen molar-refractivity contribution in [3.05, 3.63) is 42.1 Å². The molecule has 1 fully saturated rings. The maximum Gasteiger partial charge on any atom is 0.422 e. The first kappa shape index (κ1) is 19.4. The van der Waals surface area contributed by atoms with Crippen LogP contribution < -0.4 is 10.1 Å². The molecule has 0 radical (unpaired) electrons. The van der Waals surface area contributed by atoms with Crippen LogP contribution in [0.15, 0.2) is 36.5 Å². The lowest BCUT2D eigenvalue weighted by molar-refractivity contribution is -0.154. The fourth-order valence-electron chi connectivity index (χ4n) is 3.14. The normalized spacial score (nSPS) is 22.6. The van der Waals surface area contributed by atoms with Gasteiger partial charge in [-0.2, -0.15) is 18.2 Å². The van der Waals surface area contributed by atoms with Crippen molar-refractivity contribution in [2.75, 3.05) is 11.9 Å². The molecule has 5 nitrogen and oxygen atoms in total. The Kier molecular flexibility index (Phi) is 5.84. The Morgan fingerprint density at radius 1 is 1.22 bits per heavy atom. The predicted molar refractivity (Wildman–Crippen MR) is 95.0 cm³/mol. The average molecular weight is 381 g/mol. The highest BCUT2D eigenvalue weighted by Gasteiger charge is 2.32. The molecule has 0 spiro atoms. The van der Waals surface area contributed by atoms with E-state index in [-0.39, 0.29) is 12.1 Å². The molecule has 27 heavy (non-hydrogen) atoms. The van der Waals surface area contributed by atoms with Gasteiger partial charge in [0.1, 0.15) is 5.82 Å². The van der Waals surface area contributed by atoms with Gasteiger partial charge in [-0.25, -0.2) is 4.98 Å². The minimum absolute atomic E-state index is 0.0884. The number of anilines is 2. The first-order chi connectivity index (χ1) is 12.8. The molecule has 1 saturated heterocycles. The molecular formula is C19H22F3N3O2. The molecule has 0 unspecified atom stereocenters. The number of nitrogens with zero attached hydrogens (tertiary/aromatic N) is 2. The van der Waals surface area contributed by atoms with Gasteiger partial charge in [-0.1, -0.05) is 26.0 Å². The highest BCUT2D eigenvalue weighted by Crippen LogP contribution is 2.39. The van der Waals surface area contributed by atoms with E-state index in [4.69, 9.17) is 4.74 Å². The third kappa shape index (κ3) is 5.32. The summed E-state index contributed by atoms with van der Waals surface area (Å²) in [6.07, 6.45) is -0.632. The van der Waals surface area contributed by atoms with Crippen LogP contribution >= 0.6 is 0 Å². The predicted octanol–water partition coefficient (Wildman–Crippen LogP) is 5.04. The number of halogens is 3. The lowest BCUT2D eigenvalue weighted by Gasteiger charge is -2.16. The van der Waals surface area contributed by atoms with Crippen LogP contribution in [0.5, 0.6) is 6.01 Å². The second kappa shape index (κ2) is 8.12. The fourth-order valence-corrected chi connectivity index (χ4v) is 3.14. The topological polar surface area (TPSA) is 56.3 Å². The summed E-state index contributed by atoms with van der Waals surface area (Å²) in [4.78, 5) is 7.62. The number of hydrogen-bond donors (Lipinski definition) is 1. The first-order valence-corrected chi connectivity index (χ1v) is 8.89. The van der Waals surface area contributed by atoms with Crippen molar-refractivity contribution >= 4 is 11.5 Å². The molecule has 2 aromatic rings. The molecule has 1 aliphatic rings. The number of hydrogen-bond acceptors (Lipinski definition) is 5. The van der Waals surface area contributed by atoms with Gasteiger partial charge in [0.25, 0.3) is 0 Å². The number of rotatable bonds is 6. The summed E-state index contributed by atoms with van der Waals surface area (Å²) < 4.78 is 47.3. The molecule has 2 heterocycles. The van der Waals surface area contributed by atoms with E-state index in [0.717, 1.165) is 24.1 Å². The number of aromatic nitrogens is 2. The Hall–Kier alpha value is -2.35. The van der Waals surface area contributed by atoms with Gasteiger partial charge in [0.2, 0.25) is 0 Å². The monoisotopic (exact) mass is 381 g/mol. The molecule has 0 bridgehead atoms. The average Bonchev–Trinajstić information content (AvgIpc) is 3.01. The minimum atomic E-state index is -4.43. The zero-order valence-electron chi connectivity index (χ0n) is 15.2. The van der Waals surface area contributed by atoms with E-state index in [9.17, 15) is 13.2 Å². The van der Waals surface area contributed by atoms with Gasteiger partial charge in [0, 0.05) is 11.9 Å². The van der Waals surface area contributed by atoms with Gasteiger partial charge in [-0.3, -0.25) is 0 Å². The van der Waals surface area contributed by atoms with Crippen molar-refractivity contribution < 1.29 is 22.6 Å². The Balaban J connectivity index is 1.63. The zero-order valence-corrected chi connectivity index (χ0v) is 15.2. The molecule has 1 aromatic carbocycles. The molecule has 8 heteroatoms. The van der Waals surface area contributed by atoms with Crippen molar-refractivity contribution in [2.24, 2.45) is 5.92 Å². The maximum absolute atomic E-state index is 12.2. The maximum atomic E-state index is 12.2. The molecular weight excluding hydrogens is 359 g/mol. The van der Waals surface area contributed by atoms with Gasteiger partial charge in [-0.05, 0) is 42.5 Å². The molecule has 1 aliphatic heterocycles. The summed E-state index contributed by atoms with van der Waals surface area (Å²) in [6, 6.07) is 9.00. The number of alkyl halides is 3. The van der Waals surface area contributed by atoms with Crippen molar-refractivity contribution in [3.63, 3.8) is 0 Å².